The Morgan fingerprint density at radius 3 is 2.91 bits per heavy atom. The molecule has 3 aliphatic rings. The number of hydrogen-bond acceptors (Lipinski definition) is 6. The number of nitrogens with one attached hydrogen (secondary N) is 1. The van der Waals surface area contributed by atoms with Crippen LogP contribution in [0.25, 0.3) is 21.3 Å². The Kier molecular flexibility index (Phi) is 6.30. The second-order valence-corrected chi connectivity index (χ2v) is 9.41. The van der Waals surface area contributed by atoms with E-state index >= 15 is 0 Å². The summed E-state index contributed by atoms with van der Waals surface area (Å²) in [6, 6.07) is 11.5. The minimum Gasteiger partial charge on any atom is -0.507 e. The zero-order valence-electron chi connectivity index (χ0n) is 19.5. The van der Waals surface area contributed by atoms with Gasteiger partial charge in [0.1, 0.15) is 5.75 Å². The summed E-state index contributed by atoms with van der Waals surface area (Å²) in [6.07, 6.45) is 4.38. The van der Waals surface area contributed by atoms with Gasteiger partial charge in [-0.05, 0) is 66.6 Å². The Hall–Kier alpha value is -3.65. The van der Waals surface area contributed by atoms with E-state index in [-0.39, 0.29) is 23.0 Å². The molecule has 0 saturated carbocycles. The summed E-state index contributed by atoms with van der Waals surface area (Å²) in [4.78, 5) is 22.5. The van der Waals surface area contributed by atoms with Gasteiger partial charge in [-0.2, -0.15) is 0 Å². The van der Waals surface area contributed by atoms with Crippen molar-refractivity contribution in [2.75, 3.05) is 18.4 Å². The minimum absolute atomic E-state index is 0.0478. The lowest BCUT2D eigenvalue weighted by molar-refractivity contribution is -0.0562. The first-order valence-corrected chi connectivity index (χ1v) is 12.0. The van der Waals surface area contributed by atoms with Crippen LogP contribution in [0.15, 0.2) is 53.8 Å². The van der Waals surface area contributed by atoms with Gasteiger partial charge >= 0.3 is 0 Å². The van der Waals surface area contributed by atoms with E-state index in [1.807, 2.05) is 18.2 Å². The number of carbonyl (C=O) groups excluding carboxylic acids is 1. The topological polar surface area (TPSA) is 134 Å². The molecule has 5 atom stereocenters. The third-order valence-electron chi connectivity index (χ3n) is 7.58. The number of benzene rings is 2. The zero-order chi connectivity index (χ0) is 24.5. The number of fused-ring (bicyclic) bond motifs is 4. The number of rotatable bonds is 6. The highest BCUT2D eigenvalue weighted by Crippen LogP contribution is 2.43. The maximum Gasteiger partial charge on any atom is 0.259 e. The van der Waals surface area contributed by atoms with Crippen LogP contribution in [-0.2, 0) is 0 Å². The van der Waals surface area contributed by atoms with Crippen LogP contribution in [-0.4, -0.2) is 45.1 Å². The van der Waals surface area contributed by atoms with Crippen LogP contribution in [0.2, 0.25) is 0 Å². The molecule has 4 heterocycles. The molecule has 6 rings (SSSR count). The van der Waals surface area contributed by atoms with E-state index in [2.05, 4.69) is 32.2 Å². The van der Waals surface area contributed by atoms with Gasteiger partial charge in [0.15, 0.2) is 0 Å². The molecule has 35 heavy (non-hydrogen) atoms. The molecular formula is C26H28N6O3. The quantitative estimate of drug-likeness (QED) is 0.255. The number of hydrogen-bond donors (Lipinski definition) is 3. The smallest absolute Gasteiger partial charge is 0.259 e. The van der Waals surface area contributed by atoms with E-state index in [1.54, 1.807) is 12.3 Å². The number of amides is 1. The van der Waals surface area contributed by atoms with Crippen molar-refractivity contribution < 1.29 is 15.0 Å². The summed E-state index contributed by atoms with van der Waals surface area (Å²) in [6.45, 7) is 4.31. The fourth-order valence-electron chi connectivity index (χ4n) is 5.75. The minimum atomic E-state index is -0.649. The first-order chi connectivity index (χ1) is 17.0. The lowest BCUT2D eigenvalue weighted by atomic mass is 9.72. The number of aromatic nitrogens is 1. The van der Waals surface area contributed by atoms with Crippen LogP contribution in [0.4, 0.5) is 11.4 Å². The van der Waals surface area contributed by atoms with Gasteiger partial charge < -0.3 is 15.5 Å². The largest absolute Gasteiger partial charge is 0.507 e. The van der Waals surface area contributed by atoms with Gasteiger partial charge in [-0.15, -0.1) is 0 Å². The number of nitrogens with zero attached hydrogens (tertiary/aromatic N) is 5. The SMILES string of the molecule is CC[C@H]1CN2CC[C@H]1CC2[C@H](O)c1ccnc2c(NC(=O)c3ccc(N=[N+]=[N-])cc3O)cccc12. The normalized spacial score (nSPS) is 24.1. The molecule has 3 aliphatic heterocycles. The van der Waals surface area contributed by atoms with Crippen molar-refractivity contribution >= 4 is 28.2 Å². The van der Waals surface area contributed by atoms with E-state index in [0.717, 1.165) is 30.5 Å². The molecule has 1 aromatic heterocycles. The van der Waals surface area contributed by atoms with Crippen LogP contribution >= 0.6 is 0 Å². The van der Waals surface area contributed by atoms with Gasteiger partial charge in [0, 0.05) is 34.8 Å². The Morgan fingerprint density at radius 2 is 2.20 bits per heavy atom. The Morgan fingerprint density at radius 1 is 1.34 bits per heavy atom. The molecule has 3 saturated heterocycles. The first kappa shape index (κ1) is 23.1. The highest BCUT2D eigenvalue weighted by Gasteiger charge is 2.42. The van der Waals surface area contributed by atoms with E-state index in [1.165, 1.54) is 31.0 Å². The number of aromatic hydroxyl groups is 1. The molecule has 3 aromatic rings. The molecular weight excluding hydrogens is 444 g/mol. The van der Waals surface area contributed by atoms with Crippen LogP contribution in [0.3, 0.4) is 0 Å². The van der Waals surface area contributed by atoms with Crippen molar-refractivity contribution in [1.29, 1.82) is 0 Å². The average molecular weight is 473 g/mol. The summed E-state index contributed by atoms with van der Waals surface area (Å²) < 4.78 is 0. The summed E-state index contributed by atoms with van der Waals surface area (Å²) in [7, 11) is 0. The number of carbonyl (C=O) groups is 1. The molecule has 0 radical (unpaired) electrons. The lowest BCUT2D eigenvalue weighted by Crippen LogP contribution is -2.55. The third-order valence-corrected chi connectivity index (χ3v) is 7.58. The number of phenolic OH excluding ortho intramolecular Hbond substituents is 1. The van der Waals surface area contributed by atoms with E-state index < -0.39 is 12.0 Å². The number of piperidine rings is 3. The van der Waals surface area contributed by atoms with Gasteiger partial charge in [0.2, 0.25) is 0 Å². The molecule has 3 N–H and O–H groups in total. The molecule has 9 heteroatoms. The second kappa shape index (κ2) is 9.54. The number of azide groups is 1. The van der Waals surface area contributed by atoms with Gasteiger partial charge in [-0.25, -0.2) is 0 Å². The molecule has 0 spiro atoms. The predicted octanol–water partition coefficient (Wildman–Crippen LogP) is 5.29. The summed E-state index contributed by atoms with van der Waals surface area (Å²) in [5, 5.41) is 28.7. The average Bonchev–Trinajstić information content (AvgIpc) is 2.88. The van der Waals surface area contributed by atoms with E-state index in [9.17, 15) is 15.0 Å². The predicted molar refractivity (Wildman–Crippen MR) is 133 cm³/mol. The summed E-state index contributed by atoms with van der Waals surface area (Å²) >= 11 is 0. The molecule has 1 amide bonds. The Balaban J connectivity index is 1.42. The maximum absolute atomic E-state index is 12.9. The highest BCUT2D eigenvalue weighted by molar-refractivity contribution is 6.10. The number of aliphatic hydroxyl groups excluding tert-OH is 1. The molecule has 2 bridgehead atoms. The summed E-state index contributed by atoms with van der Waals surface area (Å²) in [5.41, 5.74) is 10.7. The van der Waals surface area contributed by atoms with Crippen molar-refractivity contribution in [3.63, 3.8) is 0 Å². The zero-order valence-corrected chi connectivity index (χ0v) is 19.5. The lowest BCUT2D eigenvalue weighted by Gasteiger charge is -2.51. The van der Waals surface area contributed by atoms with Crippen molar-refractivity contribution in [3.05, 3.63) is 70.2 Å². The number of phenols is 1. The molecule has 180 valence electrons. The van der Waals surface area contributed by atoms with E-state index in [4.69, 9.17) is 5.53 Å². The molecule has 0 aliphatic carbocycles. The van der Waals surface area contributed by atoms with Crippen molar-refractivity contribution in [1.82, 2.24) is 9.88 Å². The molecule has 2 unspecified atom stereocenters. The number of para-hydroxylation sites is 1. The van der Waals surface area contributed by atoms with E-state index in [0.29, 0.717) is 23.0 Å². The van der Waals surface area contributed by atoms with Crippen molar-refractivity contribution in [3.8, 4) is 5.75 Å². The Bertz CT molecular complexity index is 1320. The van der Waals surface area contributed by atoms with Crippen LogP contribution < -0.4 is 5.32 Å². The van der Waals surface area contributed by atoms with Gasteiger partial charge in [0.25, 0.3) is 5.91 Å². The van der Waals surface area contributed by atoms with Gasteiger partial charge in [-0.1, -0.05) is 36.7 Å². The second-order valence-electron chi connectivity index (χ2n) is 9.41. The monoisotopic (exact) mass is 472 g/mol. The highest BCUT2D eigenvalue weighted by atomic mass is 16.3. The fraction of sp³-hybridized carbons (Fsp3) is 0.385. The molecule has 9 nitrogen and oxygen atoms in total. The number of aliphatic hydroxyl groups is 1. The van der Waals surface area contributed by atoms with Crippen molar-refractivity contribution in [2.24, 2.45) is 17.0 Å². The molecule has 3 fully saturated rings. The third kappa shape index (κ3) is 4.30. The van der Waals surface area contributed by atoms with Crippen LogP contribution in [0.5, 0.6) is 5.75 Å². The van der Waals surface area contributed by atoms with Crippen molar-refractivity contribution in [2.45, 2.75) is 38.3 Å². The maximum atomic E-state index is 12.9. The van der Waals surface area contributed by atoms with Crippen LogP contribution in [0.1, 0.15) is 48.2 Å². The van der Waals surface area contributed by atoms with Gasteiger partial charge in [0.05, 0.1) is 22.9 Å². The number of pyridine rings is 1. The molecule has 2 aromatic carbocycles. The first-order valence-electron chi connectivity index (χ1n) is 12.0. The van der Waals surface area contributed by atoms with Crippen LogP contribution in [0, 0.1) is 11.8 Å². The van der Waals surface area contributed by atoms with Gasteiger partial charge in [-0.3, -0.25) is 14.7 Å². The number of anilines is 1. The fourth-order valence-corrected chi connectivity index (χ4v) is 5.75. The standard InChI is InChI=1S/C26H28N6O3/c1-2-15-14-32-11-9-16(15)12-22(32)25(34)19-8-10-28-24-18(19)4-3-5-21(24)29-26(35)20-7-6-17(30-31-27)13-23(20)33/h3-8,10,13,15-16,22,25,33-34H,2,9,11-12,14H2,1H3,(H,29,35)/t15-,16-,22?,25+/m0/s1. The Labute approximate surface area is 203 Å². The summed E-state index contributed by atoms with van der Waals surface area (Å²) in [5.74, 6) is 0.561.